The summed E-state index contributed by atoms with van der Waals surface area (Å²) in [6.07, 6.45) is 1.53. The lowest BCUT2D eigenvalue weighted by Crippen LogP contribution is -2.16. The number of halogens is 3. The van der Waals surface area contributed by atoms with Gasteiger partial charge in [0.1, 0.15) is 17.9 Å². The van der Waals surface area contributed by atoms with Crippen LogP contribution >= 0.6 is 61.1 Å². The van der Waals surface area contributed by atoms with Crippen molar-refractivity contribution in [3.8, 4) is 5.75 Å². The molecule has 0 fully saturated rings. The topological polar surface area (TPSA) is 107 Å². The molecule has 34 heavy (non-hydrogen) atoms. The number of ether oxygens (including phenoxy) is 1. The number of rotatable bonds is 7. The van der Waals surface area contributed by atoms with Crippen molar-refractivity contribution in [1.29, 1.82) is 0 Å². The number of nitrogens with zero attached hydrogens (tertiary/aromatic N) is 2. The van der Waals surface area contributed by atoms with E-state index in [2.05, 4.69) is 71.6 Å². The van der Waals surface area contributed by atoms with Gasteiger partial charge < -0.3 is 9.15 Å². The summed E-state index contributed by atoms with van der Waals surface area (Å²) in [6.45, 7) is 0.200. The molecular formula is C23H14BrI2N3O5. The van der Waals surface area contributed by atoms with Gasteiger partial charge in [0.2, 0.25) is 0 Å². The van der Waals surface area contributed by atoms with Crippen molar-refractivity contribution in [1.82, 2.24) is 5.43 Å². The average molecular weight is 746 g/mol. The molecule has 172 valence electrons. The van der Waals surface area contributed by atoms with Crippen molar-refractivity contribution < 1.29 is 18.9 Å². The minimum atomic E-state index is -0.454. The van der Waals surface area contributed by atoms with E-state index in [9.17, 15) is 14.9 Å². The Balaban J connectivity index is 1.41. The number of nitro groups is 1. The van der Waals surface area contributed by atoms with E-state index in [-0.39, 0.29) is 18.1 Å². The van der Waals surface area contributed by atoms with E-state index in [0.29, 0.717) is 16.9 Å². The van der Waals surface area contributed by atoms with E-state index in [4.69, 9.17) is 9.15 Å². The molecule has 0 aliphatic rings. The molecule has 0 bridgehead atoms. The highest BCUT2D eigenvalue weighted by molar-refractivity contribution is 14.1. The summed E-state index contributed by atoms with van der Waals surface area (Å²) < 4.78 is 14.0. The number of nitro benzene ring substituents is 1. The number of nitrogens with one attached hydrogen (secondary N) is 1. The van der Waals surface area contributed by atoms with E-state index < -0.39 is 10.8 Å². The number of non-ortho nitro benzene ring substituents is 1. The first kappa shape index (κ1) is 24.6. The van der Waals surface area contributed by atoms with Crippen molar-refractivity contribution in [2.75, 3.05) is 0 Å². The summed E-state index contributed by atoms with van der Waals surface area (Å²) >= 11 is 7.69. The van der Waals surface area contributed by atoms with Gasteiger partial charge in [0.15, 0.2) is 5.76 Å². The predicted octanol–water partition coefficient (Wildman–Crippen LogP) is 6.66. The molecule has 0 aliphatic carbocycles. The highest BCUT2D eigenvalue weighted by atomic mass is 127. The van der Waals surface area contributed by atoms with Crippen LogP contribution in [0, 0.1) is 17.3 Å². The Kier molecular flexibility index (Phi) is 7.83. The molecule has 1 N–H and O–H groups in total. The van der Waals surface area contributed by atoms with Crippen LogP contribution in [0.5, 0.6) is 5.75 Å². The maximum Gasteiger partial charge on any atom is 0.307 e. The van der Waals surface area contributed by atoms with Crippen molar-refractivity contribution in [3.05, 3.63) is 99.3 Å². The number of carbonyl (C=O) groups is 1. The molecule has 0 aliphatic heterocycles. The quantitative estimate of drug-likeness (QED) is 0.0987. The van der Waals surface area contributed by atoms with Gasteiger partial charge >= 0.3 is 5.91 Å². The third kappa shape index (κ3) is 5.93. The van der Waals surface area contributed by atoms with Gasteiger partial charge in [-0.15, -0.1) is 0 Å². The molecule has 1 aromatic heterocycles. The molecule has 0 saturated heterocycles. The van der Waals surface area contributed by atoms with Crippen LogP contribution in [0.15, 0.2) is 74.7 Å². The smallest absolute Gasteiger partial charge is 0.307 e. The summed E-state index contributed by atoms with van der Waals surface area (Å²) in [5, 5.41) is 15.8. The zero-order chi connectivity index (χ0) is 24.2. The molecule has 0 radical (unpaired) electrons. The number of amides is 1. The van der Waals surface area contributed by atoms with Crippen LogP contribution in [0.1, 0.15) is 21.7 Å². The van der Waals surface area contributed by atoms with E-state index in [0.717, 1.165) is 22.6 Å². The first-order valence-corrected chi connectivity index (χ1v) is 12.6. The zero-order valence-corrected chi connectivity index (χ0v) is 23.0. The lowest BCUT2D eigenvalue weighted by Gasteiger charge is -2.11. The van der Waals surface area contributed by atoms with Gasteiger partial charge in [-0.05, 0) is 92.7 Å². The van der Waals surface area contributed by atoms with Crippen LogP contribution in [-0.4, -0.2) is 17.0 Å². The van der Waals surface area contributed by atoms with Gasteiger partial charge in [0.05, 0.1) is 18.3 Å². The molecule has 0 saturated carbocycles. The summed E-state index contributed by atoms with van der Waals surface area (Å²) in [7, 11) is 0. The van der Waals surface area contributed by atoms with Crippen molar-refractivity contribution >= 4 is 89.9 Å². The van der Waals surface area contributed by atoms with Crippen molar-refractivity contribution in [2.24, 2.45) is 5.10 Å². The number of benzene rings is 3. The van der Waals surface area contributed by atoms with Crippen molar-refractivity contribution in [3.63, 3.8) is 0 Å². The Bertz CT molecular complexity index is 1410. The van der Waals surface area contributed by atoms with Gasteiger partial charge in [0, 0.05) is 22.0 Å². The van der Waals surface area contributed by atoms with Gasteiger partial charge in [0.25, 0.3) is 5.69 Å². The molecule has 4 rings (SSSR count). The molecule has 3 aromatic carbocycles. The number of hydrogen-bond acceptors (Lipinski definition) is 6. The maximum absolute atomic E-state index is 12.4. The fourth-order valence-electron chi connectivity index (χ4n) is 3.05. The minimum absolute atomic E-state index is 0.0228. The van der Waals surface area contributed by atoms with Crippen LogP contribution in [-0.2, 0) is 6.61 Å². The molecule has 1 heterocycles. The fourth-order valence-corrected chi connectivity index (χ4v) is 5.56. The predicted molar refractivity (Wildman–Crippen MR) is 148 cm³/mol. The first-order valence-electron chi connectivity index (χ1n) is 9.68. The molecule has 4 aromatic rings. The number of carbonyl (C=O) groups excluding carboxylic acids is 1. The van der Waals surface area contributed by atoms with Crippen LogP contribution in [0.2, 0.25) is 0 Å². The number of fused-ring (bicyclic) bond motifs is 1. The molecule has 8 nitrogen and oxygen atoms in total. The zero-order valence-electron chi connectivity index (χ0n) is 17.1. The second-order valence-electron chi connectivity index (χ2n) is 7.02. The third-order valence-electron chi connectivity index (χ3n) is 4.61. The number of hydrazone groups is 1. The molecule has 0 unspecified atom stereocenters. The lowest BCUT2D eigenvalue weighted by atomic mass is 10.2. The normalized spacial score (nSPS) is 11.1. The first-order chi connectivity index (χ1) is 16.3. The van der Waals surface area contributed by atoms with Crippen LogP contribution in [0.25, 0.3) is 11.0 Å². The second kappa shape index (κ2) is 10.8. The van der Waals surface area contributed by atoms with Crippen molar-refractivity contribution in [2.45, 2.75) is 6.61 Å². The highest BCUT2D eigenvalue weighted by Crippen LogP contribution is 2.30. The van der Waals surface area contributed by atoms with Gasteiger partial charge in [-0.3, -0.25) is 14.9 Å². The number of furan rings is 1. The lowest BCUT2D eigenvalue weighted by molar-refractivity contribution is -0.384. The van der Waals surface area contributed by atoms with E-state index in [1.54, 1.807) is 24.3 Å². The highest BCUT2D eigenvalue weighted by Gasteiger charge is 2.13. The standard InChI is InChI=1S/C23H14BrI2N3O5/c24-16-4-5-20-15(9-16)10-21(34-20)23(30)28-27-11-14-7-18(25)22(19(26)8-14)33-12-13-2-1-3-17(6-13)29(31)32/h1-11H,12H2,(H,28,30)/b27-11+. The molecule has 0 spiro atoms. The van der Waals surface area contributed by atoms with Gasteiger partial charge in [-0.1, -0.05) is 28.1 Å². The van der Waals surface area contributed by atoms with Gasteiger partial charge in [-0.2, -0.15) is 5.10 Å². The van der Waals surface area contributed by atoms with E-state index in [1.807, 2.05) is 24.3 Å². The molecular weight excluding hydrogens is 732 g/mol. The molecule has 0 atom stereocenters. The molecule has 11 heteroatoms. The van der Waals surface area contributed by atoms with Gasteiger partial charge in [-0.25, -0.2) is 5.43 Å². The summed E-state index contributed by atoms with van der Waals surface area (Å²) in [6, 6.07) is 17.2. The van der Waals surface area contributed by atoms with Crippen LogP contribution in [0.4, 0.5) is 5.69 Å². The maximum atomic E-state index is 12.4. The molecule has 1 amide bonds. The summed E-state index contributed by atoms with van der Waals surface area (Å²) in [5.74, 6) is 0.381. The fraction of sp³-hybridized carbons (Fsp3) is 0.0435. The average Bonchev–Trinajstić information content (AvgIpc) is 3.22. The SMILES string of the molecule is O=C(N/N=C/c1cc(I)c(OCc2cccc([N+](=O)[O-])c2)c(I)c1)c1cc2cc(Br)ccc2o1. The van der Waals surface area contributed by atoms with Crippen LogP contribution in [0.3, 0.4) is 0 Å². The summed E-state index contributed by atoms with van der Waals surface area (Å²) in [5.41, 5.74) is 4.58. The minimum Gasteiger partial charge on any atom is -0.487 e. The Morgan fingerprint density at radius 3 is 2.65 bits per heavy atom. The monoisotopic (exact) mass is 745 g/mol. The second-order valence-corrected chi connectivity index (χ2v) is 10.3. The Morgan fingerprint density at radius 2 is 1.91 bits per heavy atom. The Labute approximate surface area is 229 Å². The third-order valence-corrected chi connectivity index (χ3v) is 6.70. The largest absolute Gasteiger partial charge is 0.487 e. The Hall–Kier alpha value is -2.52. The number of hydrogen-bond donors (Lipinski definition) is 1. The Morgan fingerprint density at radius 1 is 1.15 bits per heavy atom. The van der Waals surface area contributed by atoms with Crippen LogP contribution < -0.4 is 10.2 Å². The summed E-state index contributed by atoms with van der Waals surface area (Å²) in [4.78, 5) is 22.9. The van der Waals surface area contributed by atoms with E-state index >= 15 is 0 Å². The van der Waals surface area contributed by atoms with E-state index in [1.165, 1.54) is 18.3 Å².